The van der Waals surface area contributed by atoms with Gasteiger partial charge in [0.05, 0.1) is 25.0 Å². The van der Waals surface area contributed by atoms with E-state index in [0.717, 1.165) is 17.8 Å². The average molecular weight is 324 g/mol. The summed E-state index contributed by atoms with van der Waals surface area (Å²) in [6.07, 6.45) is 1.84. The minimum atomic E-state index is -0.173. The molecule has 0 N–H and O–H groups in total. The van der Waals surface area contributed by atoms with Crippen LogP contribution < -0.4 is 0 Å². The summed E-state index contributed by atoms with van der Waals surface area (Å²) in [5.41, 5.74) is 2.24. The van der Waals surface area contributed by atoms with E-state index in [2.05, 4.69) is 5.10 Å². The second-order valence-electron chi connectivity index (χ2n) is 4.02. The van der Waals surface area contributed by atoms with Crippen LogP contribution in [0.2, 0.25) is 5.79 Å². The van der Waals surface area contributed by atoms with Gasteiger partial charge in [0.15, 0.2) is 0 Å². The Bertz CT molecular complexity index is 452. The van der Waals surface area contributed by atoms with Gasteiger partial charge in [-0.1, -0.05) is 5.79 Å². The van der Waals surface area contributed by atoms with Crippen molar-refractivity contribution in [3.63, 3.8) is 0 Å². The number of rotatable bonds is 2. The first kappa shape index (κ1) is 13.5. The van der Waals surface area contributed by atoms with E-state index in [1.54, 1.807) is 0 Å². The molecule has 86 valence electrons. The summed E-state index contributed by atoms with van der Waals surface area (Å²) in [7, 11) is 1.91. The molecule has 8 heteroatoms. The summed E-state index contributed by atoms with van der Waals surface area (Å²) in [6.45, 7) is 1.36. The molecule has 1 aromatic rings. The molecule has 3 rings (SSSR count). The zero-order valence-corrected chi connectivity index (χ0v) is 13.8. The van der Waals surface area contributed by atoms with Gasteiger partial charge >= 0.3 is 21.6 Å². The van der Waals surface area contributed by atoms with Gasteiger partial charge in [-0.15, -0.1) is 0 Å². The molecule has 0 aromatic carbocycles. The zero-order valence-electron chi connectivity index (χ0n) is 9.83. The fourth-order valence-electron chi connectivity index (χ4n) is 2.36. The molecule has 1 unspecified atom stereocenters. The van der Waals surface area contributed by atoms with E-state index in [-0.39, 0.29) is 60.3 Å². The first-order chi connectivity index (χ1) is 7.72. The molecule has 1 fully saturated rings. The molecule has 2 bridgehead atoms. The first-order valence-electron chi connectivity index (χ1n) is 5.26. The fraction of sp³-hybridized carbons (Fsp3) is 0.556. The Morgan fingerprint density at radius 3 is 3.06 bits per heavy atom. The van der Waals surface area contributed by atoms with Crippen LogP contribution in [-0.2, 0) is 50.2 Å². The van der Waals surface area contributed by atoms with Crippen molar-refractivity contribution >= 4 is 21.6 Å². The van der Waals surface area contributed by atoms with E-state index in [1.807, 2.05) is 28.6 Å². The summed E-state index contributed by atoms with van der Waals surface area (Å²) >= 11 is -0.173. The predicted molar refractivity (Wildman–Crippen MR) is 56.3 cm³/mol. The van der Waals surface area contributed by atoms with Crippen LogP contribution >= 0.6 is 0 Å². The number of hydroxylamine groups is 2. The Hall–Kier alpha value is 0.0764. The molecule has 2 amide bonds. The van der Waals surface area contributed by atoms with Gasteiger partial charge in [-0.05, 0) is 0 Å². The third kappa shape index (κ3) is 1.98. The molecule has 1 atom stereocenters. The second kappa shape index (κ2) is 4.98. The Kier molecular flexibility index (Phi) is 3.96. The van der Waals surface area contributed by atoms with Crippen molar-refractivity contribution in [1.82, 2.24) is 19.7 Å². The summed E-state index contributed by atoms with van der Waals surface area (Å²) in [6, 6.07) is 0.00736. The van der Waals surface area contributed by atoms with Gasteiger partial charge in [-0.25, -0.2) is 9.86 Å². The third-order valence-electron chi connectivity index (χ3n) is 3.15. The monoisotopic (exact) mass is 324 g/mol. The van der Waals surface area contributed by atoms with Gasteiger partial charge in [0.25, 0.3) is 0 Å². The molecule has 0 spiro atoms. The van der Waals surface area contributed by atoms with E-state index in [0.29, 0.717) is 6.54 Å². The van der Waals surface area contributed by atoms with Crippen molar-refractivity contribution in [2.24, 2.45) is 7.05 Å². The molecular formula is C9H12AlN4O2Y. The van der Waals surface area contributed by atoms with Crippen LogP contribution in [0, 0.1) is 0 Å². The molecule has 2 radical (unpaired) electrons. The smallest absolute Gasteiger partial charge is 0.411 e. The number of fused-ring (bicyclic) bond motifs is 4. The van der Waals surface area contributed by atoms with Crippen molar-refractivity contribution < 1.29 is 41.4 Å². The minimum Gasteiger partial charge on any atom is -0.411 e. The van der Waals surface area contributed by atoms with Crippen LogP contribution in [0.15, 0.2) is 6.20 Å². The van der Waals surface area contributed by atoms with Crippen LogP contribution in [0.4, 0.5) is 4.79 Å². The van der Waals surface area contributed by atoms with Gasteiger partial charge in [0, 0.05) is 45.3 Å². The zero-order chi connectivity index (χ0) is 11.3. The summed E-state index contributed by atoms with van der Waals surface area (Å²) in [4.78, 5) is 13.8. The van der Waals surface area contributed by atoms with Gasteiger partial charge in [0.2, 0.25) is 0 Å². The second-order valence-corrected chi connectivity index (χ2v) is 4.70. The molecule has 1 aromatic heterocycles. The average Bonchev–Trinajstić information content (AvgIpc) is 2.76. The minimum absolute atomic E-state index is 0. The quantitative estimate of drug-likeness (QED) is 0.736. The van der Waals surface area contributed by atoms with Crippen LogP contribution in [0.25, 0.3) is 0 Å². The van der Waals surface area contributed by atoms with Crippen LogP contribution in [-0.4, -0.2) is 47.9 Å². The van der Waals surface area contributed by atoms with Gasteiger partial charge < -0.3 is 8.79 Å². The largest absolute Gasteiger partial charge is 0.465 e. The van der Waals surface area contributed by atoms with E-state index in [1.165, 1.54) is 5.06 Å². The SMILES string of the molecule is [CH3][Al][O]N1C(=O)N2Cc3c(cnn3C)C1C2.[Y]. The number of hydrogen-bond acceptors (Lipinski definition) is 3. The Morgan fingerprint density at radius 1 is 1.59 bits per heavy atom. The number of amides is 2. The van der Waals surface area contributed by atoms with Crippen LogP contribution in [0.3, 0.4) is 0 Å². The predicted octanol–water partition coefficient (Wildman–Crippen LogP) is 0.309. The van der Waals surface area contributed by atoms with Crippen molar-refractivity contribution in [3.8, 4) is 0 Å². The Morgan fingerprint density at radius 2 is 2.35 bits per heavy atom. The van der Waals surface area contributed by atoms with Gasteiger partial charge in [0.1, 0.15) is 6.04 Å². The van der Waals surface area contributed by atoms with E-state index < -0.39 is 0 Å². The van der Waals surface area contributed by atoms with Crippen LogP contribution in [0.5, 0.6) is 0 Å². The number of hydrogen-bond donors (Lipinski definition) is 0. The van der Waals surface area contributed by atoms with Crippen molar-refractivity contribution in [2.45, 2.75) is 18.4 Å². The number of aryl methyl sites for hydroxylation is 1. The Balaban J connectivity index is 0.00000108. The number of nitrogens with zero attached hydrogens (tertiary/aromatic N) is 4. The first-order valence-corrected chi connectivity index (χ1v) is 6.88. The number of carbonyl (C=O) groups is 1. The molecule has 0 aliphatic carbocycles. The molecule has 6 nitrogen and oxygen atoms in total. The van der Waals surface area contributed by atoms with Crippen molar-refractivity contribution in [1.29, 1.82) is 0 Å². The molecule has 0 saturated carbocycles. The molecule has 3 heterocycles. The molecule has 17 heavy (non-hydrogen) atoms. The number of urea groups is 1. The molecule has 2 aliphatic heterocycles. The molecular weight excluding hydrogens is 312 g/mol. The molecule has 1 saturated heterocycles. The van der Waals surface area contributed by atoms with E-state index in [4.69, 9.17) is 3.89 Å². The topological polar surface area (TPSA) is 50.6 Å². The van der Waals surface area contributed by atoms with E-state index >= 15 is 0 Å². The summed E-state index contributed by atoms with van der Waals surface area (Å²) in [5.74, 6) is 1.97. The summed E-state index contributed by atoms with van der Waals surface area (Å²) < 4.78 is 7.32. The maximum atomic E-state index is 12.0. The summed E-state index contributed by atoms with van der Waals surface area (Å²) in [5, 5.41) is 5.76. The fourth-order valence-corrected chi connectivity index (χ4v) is 2.82. The van der Waals surface area contributed by atoms with Crippen LogP contribution in [0.1, 0.15) is 17.3 Å². The van der Waals surface area contributed by atoms with E-state index in [9.17, 15) is 4.79 Å². The molecule has 2 aliphatic rings. The normalized spacial score (nSPS) is 21.3. The number of aromatic nitrogens is 2. The number of carbonyl (C=O) groups excluding carboxylic acids is 1. The maximum absolute atomic E-state index is 12.0. The van der Waals surface area contributed by atoms with Crippen molar-refractivity contribution in [3.05, 3.63) is 17.5 Å². The van der Waals surface area contributed by atoms with Gasteiger partial charge in [-0.3, -0.25) is 4.68 Å². The Labute approximate surface area is 131 Å². The third-order valence-corrected chi connectivity index (χ3v) is 3.59. The maximum Gasteiger partial charge on any atom is 0.465 e. The van der Waals surface area contributed by atoms with Gasteiger partial charge in [-0.2, -0.15) is 5.10 Å². The standard InChI is InChI=1S/C8H9N4O2.CH3.Al.Y/c1-10-6-3-11-4-7(5(6)2-9-10)12(14)8(11)13;;;/h2,7H,3-4H2,1H3;1H3;;/q-1;;+1;. The van der Waals surface area contributed by atoms with Crippen molar-refractivity contribution in [2.75, 3.05) is 6.54 Å².